The molecule has 1 atom stereocenters. The molecule has 1 heterocycles. The monoisotopic (exact) mass is 579 g/mol. The van der Waals surface area contributed by atoms with Crippen LogP contribution in [0.3, 0.4) is 0 Å². The van der Waals surface area contributed by atoms with Gasteiger partial charge in [-0.05, 0) is 100 Å². The number of carbonyl (C=O) groups is 3. The molecule has 11 heteroatoms. The normalized spacial score (nSPS) is 13.2. The van der Waals surface area contributed by atoms with E-state index >= 15 is 0 Å². The van der Waals surface area contributed by atoms with Crippen LogP contribution in [0.15, 0.2) is 47.6 Å². The van der Waals surface area contributed by atoms with Crippen LogP contribution in [-0.4, -0.2) is 48.4 Å². The molecule has 2 amide bonds. The van der Waals surface area contributed by atoms with Crippen LogP contribution < -0.4 is 20.2 Å². The number of carbonyl (C=O) groups excluding carboxylic acids is 3. The first-order valence-corrected chi connectivity index (χ1v) is 14.3. The summed E-state index contributed by atoms with van der Waals surface area (Å²) in [4.78, 5) is 39.2. The third-order valence-corrected chi connectivity index (χ3v) is 7.56. The third-order valence-electron chi connectivity index (χ3n) is 6.35. The van der Waals surface area contributed by atoms with Gasteiger partial charge in [-0.25, -0.2) is 10.2 Å². The van der Waals surface area contributed by atoms with Crippen LogP contribution in [0.2, 0.25) is 0 Å². The van der Waals surface area contributed by atoms with Crippen molar-refractivity contribution in [1.29, 1.82) is 0 Å². The Morgan fingerprint density at radius 3 is 2.56 bits per heavy atom. The van der Waals surface area contributed by atoms with Crippen LogP contribution in [0.25, 0.3) is 0 Å². The van der Waals surface area contributed by atoms with E-state index in [4.69, 9.17) is 14.2 Å². The highest BCUT2D eigenvalue weighted by Crippen LogP contribution is 2.39. The molecule has 1 aliphatic rings. The number of nitrogens with zero attached hydrogens (tertiary/aromatic N) is 1. The maximum atomic E-state index is 13.0. The third kappa shape index (κ3) is 7.43. The van der Waals surface area contributed by atoms with Crippen molar-refractivity contribution in [2.75, 3.05) is 18.5 Å². The first kappa shape index (κ1) is 29.6. The molecule has 0 aliphatic heterocycles. The van der Waals surface area contributed by atoms with Gasteiger partial charge in [0.15, 0.2) is 17.6 Å². The summed E-state index contributed by atoms with van der Waals surface area (Å²) in [7, 11) is 0. The molecule has 2 aromatic carbocycles. The van der Waals surface area contributed by atoms with Crippen molar-refractivity contribution in [3.8, 4) is 17.2 Å². The average molecular weight is 580 g/mol. The smallest absolute Gasteiger partial charge is 0.341 e. The second-order valence-corrected chi connectivity index (χ2v) is 10.4. The second kappa shape index (κ2) is 13.8. The number of amides is 2. The highest BCUT2D eigenvalue weighted by atomic mass is 32.1. The Kier molecular flexibility index (Phi) is 9.96. The number of phenols is 1. The van der Waals surface area contributed by atoms with E-state index in [1.807, 2.05) is 6.92 Å². The SMILES string of the molecule is CCOC(=O)c1c(NC(=O)c2ccc(O[C@@H](C)C(=O)N/N=C/c3ccc(O)c(OCC)c3)cc2)sc2c1CCCC2. The van der Waals surface area contributed by atoms with E-state index in [0.717, 1.165) is 36.1 Å². The Balaban J connectivity index is 1.34. The van der Waals surface area contributed by atoms with E-state index in [2.05, 4.69) is 15.8 Å². The predicted molar refractivity (Wildman–Crippen MR) is 156 cm³/mol. The van der Waals surface area contributed by atoms with E-state index in [9.17, 15) is 19.5 Å². The van der Waals surface area contributed by atoms with Gasteiger partial charge in [-0.2, -0.15) is 5.10 Å². The molecule has 0 spiro atoms. The number of aryl methyl sites for hydroxylation is 1. The molecule has 10 nitrogen and oxygen atoms in total. The Morgan fingerprint density at radius 1 is 1.07 bits per heavy atom. The van der Waals surface area contributed by atoms with Crippen molar-refractivity contribution in [2.45, 2.75) is 52.6 Å². The minimum Gasteiger partial charge on any atom is -0.504 e. The zero-order chi connectivity index (χ0) is 29.4. The summed E-state index contributed by atoms with van der Waals surface area (Å²) in [5.74, 6) is -0.508. The van der Waals surface area contributed by atoms with Gasteiger partial charge in [-0.15, -0.1) is 11.3 Å². The molecule has 0 bridgehead atoms. The molecule has 0 unspecified atom stereocenters. The summed E-state index contributed by atoms with van der Waals surface area (Å²) in [6.45, 7) is 5.80. The number of esters is 1. The Morgan fingerprint density at radius 2 is 1.83 bits per heavy atom. The van der Waals surface area contributed by atoms with E-state index in [0.29, 0.717) is 39.8 Å². The van der Waals surface area contributed by atoms with Gasteiger partial charge in [0, 0.05) is 10.4 Å². The van der Waals surface area contributed by atoms with Crippen molar-refractivity contribution in [3.63, 3.8) is 0 Å². The predicted octanol–water partition coefficient (Wildman–Crippen LogP) is 5.08. The quantitative estimate of drug-likeness (QED) is 0.164. The van der Waals surface area contributed by atoms with Crippen LogP contribution in [0.4, 0.5) is 5.00 Å². The first-order chi connectivity index (χ1) is 19.8. The lowest BCUT2D eigenvalue weighted by atomic mass is 9.95. The number of aromatic hydroxyl groups is 1. The van der Waals surface area contributed by atoms with Gasteiger partial charge in [-0.1, -0.05) is 0 Å². The highest BCUT2D eigenvalue weighted by Gasteiger charge is 2.27. The molecule has 0 fully saturated rings. The van der Waals surface area contributed by atoms with Gasteiger partial charge >= 0.3 is 5.97 Å². The van der Waals surface area contributed by atoms with Crippen molar-refractivity contribution < 1.29 is 33.7 Å². The topological polar surface area (TPSA) is 136 Å². The molecule has 1 aromatic heterocycles. The van der Waals surface area contributed by atoms with E-state index in [1.54, 1.807) is 50.2 Å². The van der Waals surface area contributed by atoms with Gasteiger partial charge < -0.3 is 24.6 Å². The van der Waals surface area contributed by atoms with Crippen LogP contribution in [0.5, 0.6) is 17.2 Å². The van der Waals surface area contributed by atoms with Crippen LogP contribution in [-0.2, 0) is 22.4 Å². The molecule has 1 aliphatic carbocycles. The van der Waals surface area contributed by atoms with Gasteiger partial charge in [0.1, 0.15) is 10.8 Å². The van der Waals surface area contributed by atoms with Crippen molar-refractivity contribution in [2.24, 2.45) is 5.10 Å². The second-order valence-electron chi connectivity index (χ2n) is 9.27. The maximum Gasteiger partial charge on any atom is 0.341 e. The van der Waals surface area contributed by atoms with Gasteiger partial charge in [0.05, 0.1) is 25.0 Å². The number of hydrogen-bond donors (Lipinski definition) is 3. The minimum absolute atomic E-state index is 0.0187. The molecular weight excluding hydrogens is 546 g/mol. The van der Waals surface area contributed by atoms with Gasteiger partial charge in [0.2, 0.25) is 0 Å². The number of phenolic OH excluding ortho intramolecular Hbond substituents is 1. The largest absolute Gasteiger partial charge is 0.504 e. The van der Waals surface area contributed by atoms with Gasteiger partial charge in [0.25, 0.3) is 11.8 Å². The summed E-state index contributed by atoms with van der Waals surface area (Å²) in [6, 6.07) is 11.1. The highest BCUT2D eigenvalue weighted by molar-refractivity contribution is 7.17. The number of benzene rings is 2. The molecule has 3 N–H and O–H groups in total. The maximum absolute atomic E-state index is 13.0. The summed E-state index contributed by atoms with van der Waals surface area (Å²) in [5.41, 5.74) is 4.87. The van der Waals surface area contributed by atoms with Crippen molar-refractivity contribution in [1.82, 2.24) is 5.43 Å². The number of hydrogen-bond acceptors (Lipinski definition) is 9. The van der Waals surface area contributed by atoms with Gasteiger partial charge in [-0.3, -0.25) is 9.59 Å². The minimum atomic E-state index is -0.866. The van der Waals surface area contributed by atoms with E-state index < -0.39 is 18.0 Å². The molecule has 216 valence electrons. The summed E-state index contributed by atoms with van der Waals surface area (Å²) < 4.78 is 16.3. The fraction of sp³-hybridized carbons (Fsp3) is 0.333. The number of rotatable bonds is 11. The summed E-state index contributed by atoms with van der Waals surface area (Å²) >= 11 is 1.43. The summed E-state index contributed by atoms with van der Waals surface area (Å²) in [5, 5.41) is 17.1. The molecule has 0 saturated carbocycles. The zero-order valence-corrected chi connectivity index (χ0v) is 24.0. The molecule has 41 heavy (non-hydrogen) atoms. The van der Waals surface area contributed by atoms with E-state index in [-0.39, 0.29) is 18.3 Å². The molecule has 3 aromatic rings. The van der Waals surface area contributed by atoms with Crippen LogP contribution >= 0.6 is 11.3 Å². The zero-order valence-electron chi connectivity index (χ0n) is 23.2. The molecule has 4 rings (SSSR count). The Labute approximate surface area is 242 Å². The van der Waals surface area contributed by atoms with Crippen LogP contribution in [0, 0.1) is 0 Å². The number of nitrogens with one attached hydrogen (secondary N) is 2. The fourth-order valence-electron chi connectivity index (χ4n) is 4.33. The Hall–Kier alpha value is -4.38. The number of thiophene rings is 1. The number of ether oxygens (including phenoxy) is 3. The number of anilines is 1. The molecular formula is C30H33N3O7S. The number of fused-ring (bicyclic) bond motifs is 1. The van der Waals surface area contributed by atoms with Crippen LogP contribution in [0.1, 0.15) is 70.3 Å². The molecule has 0 radical (unpaired) electrons. The summed E-state index contributed by atoms with van der Waals surface area (Å²) in [6.07, 6.45) is 4.30. The van der Waals surface area contributed by atoms with Crippen molar-refractivity contribution in [3.05, 3.63) is 69.6 Å². The first-order valence-electron chi connectivity index (χ1n) is 13.5. The Bertz CT molecular complexity index is 1430. The van der Waals surface area contributed by atoms with Crippen molar-refractivity contribution >= 4 is 40.3 Å². The standard InChI is InChI=1S/C30H33N3O7S/c1-4-38-24-16-19(10-15-23(24)34)17-31-33-27(35)18(3)40-21-13-11-20(12-14-21)28(36)32-29-26(30(37)39-5-2)22-8-6-7-9-25(22)41-29/h10-18,34H,4-9H2,1-3H3,(H,32,36)(H,33,35)/b31-17+/t18-/m0/s1. The lowest BCUT2D eigenvalue weighted by molar-refractivity contribution is -0.127. The fourth-order valence-corrected chi connectivity index (χ4v) is 5.61. The lowest BCUT2D eigenvalue weighted by Crippen LogP contribution is -2.33. The number of hydrazone groups is 1. The average Bonchev–Trinajstić information content (AvgIpc) is 3.33. The lowest BCUT2D eigenvalue weighted by Gasteiger charge is -2.13. The molecule has 0 saturated heterocycles. The van der Waals surface area contributed by atoms with E-state index in [1.165, 1.54) is 23.6 Å².